The molecule has 0 unspecified atom stereocenters. The average molecular weight is 473 g/mol. The summed E-state index contributed by atoms with van der Waals surface area (Å²) < 4.78 is 15.7. The Balaban J connectivity index is 1.51. The Bertz CT molecular complexity index is 1270. The van der Waals surface area contributed by atoms with Gasteiger partial charge in [-0.25, -0.2) is 9.18 Å². The highest BCUT2D eigenvalue weighted by Gasteiger charge is 2.20. The SMILES string of the molecule is O=C(CCn1c(=O)c2sccc2n(CC(=O)NC2CCCCC2)c1=O)Nc1ccc(F)cc1. The zero-order valence-corrected chi connectivity index (χ0v) is 18.8. The molecule has 0 aliphatic heterocycles. The molecule has 0 radical (unpaired) electrons. The summed E-state index contributed by atoms with van der Waals surface area (Å²) in [4.78, 5) is 50.9. The van der Waals surface area contributed by atoms with E-state index in [1.807, 2.05) is 0 Å². The lowest BCUT2D eigenvalue weighted by Crippen LogP contribution is -2.44. The lowest BCUT2D eigenvalue weighted by molar-refractivity contribution is -0.122. The van der Waals surface area contributed by atoms with Gasteiger partial charge in [0.15, 0.2) is 0 Å². The van der Waals surface area contributed by atoms with Crippen LogP contribution in [0.1, 0.15) is 38.5 Å². The molecule has 2 amide bonds. The van der Waals surface area contributed by atoms with Crippen LogP contribution in [0.3, 0.4) is 0 Å². The average Bonchev–Trinajstić information content (AvgIpc) is 3.29. The second-order valence-electron chi connectivity index (χ2n) is 8.17. The molecule has 1 saturated carbocycles. The third-order valence-electron chi connectivity index (χ3n) is 5.80. The maximum absolute atomic E-state index is 13.1. The van der Waals surface area contributed by atoms with Crippen LogP contribution < -0.4 is 21.9 Å². The molecule has 1 aliphatic rings. The van der Waals surface area contributed by atoms with Gasteiger partial charge in [-0.2, -0.15) is 0 Å². The van der Waals surface area contributed by atoms with Crippen molar-refractivity contribution in [1.82, 2.24) is 14.5 Å². The Morgan fingerprint density at radius 1 is 1.00 bits per heavy atom. The van der Waals surface area contributed by atoms with E-state index in [0.29, 0.717) is 15.9 Å². The van der Waals surface area contributed by atoms with Gasteiger partial charge in [0.2, 0.25) is 11.8 Å². The van der Waals surface area contributed by atoms with Crippen molar-refractivity contribution >= 4 is 39.1 Å². The molecule has 0 saturated heterocycles. The summed E-state index contributed by atoms with van der Waals surface area (Å²) in [7, 11) is 0. The summed E-state index contributed by atoms with van der Waals surface area (Å²) in [6.45, 7) is -0.326. The van der Waals surface area contributed by atoms with E-state index in [1.54, 1.807) is 11.4 Å². The first-order valence-electron chi connectivity index (χ1n) is 11.0. The maximum atomic E-state index is 13.1. The molecule has 8 nitrogen and oxygen atoms in total. The van der Waals surface area contributed by atoms with Crippen molar-refractivity contribution in [3.8, 4) is 0 Å². The van der Waals surface area contributed by atoms with E-state index >= 15 is 0 Å². The number of hydrogen-bond donors (Lipinski definition) is 2. The van der Waals surface area contributed by atoms with Gasteiger partial charge < -0.3 is 10.6 Å². The van der Waals surface area contributed by atoms with E-state index in [9.17, 15) is 23.6 Å². The van der Waals surface area contributed by atoms with Crippen LogP contribution in [0, 0.1) is 5.82 Å². The van der Waals surface area contributed by atoms with Gasteiger partial charge in [0.25, 0.3) is 5.56 Å². The number of fused-ring (bicyclic) bond motifs is 1. The Labute approximate surface area is 193 Å². The van der Waals surface area contributed by atoms with Crippen molar-refractivity contribution in [2.24, 2.45) is 0 Å². The Kier molecular flexibility index (Phi) is 7.02. The van der Waals surface area contributed by atoms with Crippen molar-refractivity contribution in [3.63, 3.8) is 0 Å². The molecule has 3 aromatic rings. The number of carbonyl (C=O) groups excluding carboxylic acids is 2. The monoisotopic (exact) mass is 472 g/mol. The van der Waals surface area contributed by atoms with Gasteiger partial charge in [-0.1, -0.05) is 19.3 Å². The summed E-state index contributed by atoms with van der Waals surface area (Å²) in [5.74, 6) is -1.10. The smallest absolute Gasteiger partial charge is 0.332 e. The van der Waals surface area contributed by atoms with Crippen molar-refractivity contribution in [3.05, 3.63) is 62.4 Å². The number of nitrogens with zero attached hydrogens (tertiary/aromatic N) is 2. The molecule has 0 atom stereocenters. The molecule has 10 heteroatoms. The fourth-order valence-corrected chi connectivity index (χ4v) is 4.96. The lowest BCUT2D eigenvalue weighted by Gasteiger charge is -2.23. The number of carbonyl (C=O) groups is 2. The first kappa shape index (κ1) is 22.9. The molecule has 0 spiro atoms. The minimum absolute atomic E-state index is 0.112. The van der Waals surface area contributed by atoms with Crippen LogP contribution in [0.25, 0.3) is 10.2 Å². The van der Waals surface area contributed by atoms with Gasteiger partial charge >= 0.3 is 5.69 Å². The molecule has 1 fully saturated rings. The minimum atomic E-state index is -0.626. The van der Waals surface area contributed by atoms with E-state index in [1.165, 1.54) is 46.6 Å². The zero-order valence-electron chi connectivity index (χ0n) is 18.0. The number of rotatable bonds is 7. The van der Waals surface area contributed by atoms with Crippen LogP contribution in [0.5, 0.6) is 0 Å². The summed E-state index contributed by atoms with van der Waals surface area (Å²) in [6.07, 6.45) is 5.04. The van der Waals surface area contributed by atoms with Crippen LogP contribution in [0.4, 0.5) is 10.1 Å². The summed E-state index contributed by atoms with van der Waals surface area (Å²) in [5.41, 5.74) is -0.275. The first-order chi connectivity index (χ1) is 15.9. The molecule has 1 aliphatic carbocycles. The van der Waals surface area contributed by atoms with E-state index in [2.05, 4.69) is 10.6 Å². The van der Waals surface area contributed by atoms with Gasteiger partial charge in [0.1, 0.15) is 17.1 Å². The number of nitrogens with one attached hydrogen (secondary N) is 2. The van der Waals surface area contributed by atoms with Crippen LogP contribution >= 0.6 is 11.3 Å². The molecule has 0 bridgehead atoms. The molecule has 2 heterocycles. The number of amides is 2. The summed E-state index contributed by atoms with van der Waals surface area (Å²) in [6, 6.07) is 7.07. The quantitative estimate of drug-likeness (QED) is 0.552. The fourth-order valence-electron chi connectivity index (χ4n) is 4.12. The van der Waals surface area contributed by atoms with E-state index in [-0.39, 0.29) is 31.5 Å². The largest absolute Gasteiger partial charge is 0.352 e. The van der Waals surface area contributed by atoms with Gasteiger partial charge in [0, 0.05) is 24.7 Å². The first-order valence-corrected chi connectivity index (χ1v) is 11.9. The molecule has 174 valence electrons. The molecule has 2 N–H and O–H groups in total. The lowest BCUT2D eigenvalue weighted by atomic mass is 9.95. The minimum Gasteiger partial charge on any atom is -0.352 e. The van der Waals surface area contributed by atoms with Gasteiger partial charge in [0.05, 0.1) is 5.52 Å². The Hall–Kier alpha value is -3.27. The predicted molar refractivity (Wildman–Crippen MR) is 125 cm³/mol. The number of anilines is 1. The van der Waals surface area contributed by atoms with E-state index in [4.69, 9.17) is 0 Å². The number of hydrogen-bond acceptors (Lipinski definition) is 5. The third kappa shape index (κ3) is 5.39. The standard InChI is InChI=1S/C23H25FN4O4S/c24-15-6-8-17(9-7-15)25-19(29)10-12-27-22(31)21-18(11-13-33-21)28(23(27)32)14-20(30)26-16-4-2-1-3-5-16/h6-9,11,13,16H,1-5,10,12,14H2,(H,25,29)(H,26,30). The van der Waals surface area contributed by atoms with Crippen LogP contribution in [-0.4, -0.2) is 27.0 Å². The van der Waals surface area contributed by atoms with Gasteiger partial charge in [-0.3, -0.25) is 23.5 Å². The second kappa shape index (κ2) is 10.1. The Morgan fingerprint density at radius 2 is 1.73 bits per heavy atom. The Morgan fingerprint density at radius 3 is 2.45 bits per heavy atom. The van der Waals surface area contributed by atoms with E-state index in [0.717, 1.165) is 30.3 Å². The van der Waals surface area contributed by atoms with Crippen molar-refractivity contribution < 1.29 is 14.0 Å². The fraction of sp³-hybridized carbons (Fsp3) is 0.391. The van der Waals surface area contributed by atoms with Crippen LogP contribution in [0.15, 0.2) is 45.3 Å². The van der Waals surface area contributed by atoms with Crippen molar-refractivity contribution in [1.29, 1.82) is 0 Å². The molecule has 33 heavy (non-hydrogen) atoms. The second-order valence-corrected chi connectivity index (χ2v) is 9.08. The highest BCUT2D eigenvalue weighted by atomic mass is 32.1. The number of benzene rings is 1. The zero-order chi connectivity index (χ0) is 23.4. The highest BCUT2D eigenvalue weighted by Crippen LogP contribution is 2.18. The van der Waals surface area contributed by atoms with Gasteiger partial charge in [-0.15, -0.1) is 11.3 Å². The number of halogens is 1. The molecule has 4 rings (SSSR count). The topological polar surface area (TPSA) is 102 Å². The summed E-state index contributed by atoms with van der Waals surface area (Å²) >= 11 is 1.19. The predicted octanol–water partition coefficient (Wildman–Crippen LogP) is 2.84. The highest BCUT2D eigenvalue weighted by molar-refractivity contribution is 7.17. The molecule has 2 aromatic heterocycles. The van der Waals surface area contributed by atoms with Crippen molar-refractivity contribution in [2.75, 3.05) is 5.32 Å². The molecule has 1 aromatic carbocycles. The van der Waals surface area contributed by atoms with Crippen molar-refractivity contribution in [2.45, 2.75) is 57.7 Å². The maximum Gasteiger partial charge on any atom is 0.332 e. The molecular weight excluding hydrogens is 447 g/mol. The third-order valence-corrected chi connectivity index (χ3v) is 6.69. The summed E-state index contributed by atoms with van der Waals surface area (Å²) in [5, 5.41) is 7.31. The van der Waals surface area contributed by atoms with Crippen LogP contribution in [0.2, 0.25) is 0 Å². The number of aromatic nitrogens is 2. The van der Waals surface area contributed by atoms with E-state index < -0.39 is 23.0 Å². The van der Waals surface area contributed by atoms with Crippen LogP contribution in [-0.2, 0) is 22.7 Å². The normalized spacial score (nSPS) is 14.3. The van der Waals surface area contributed by atoms with Gasteiger partial charge in [-0.05, 0) is 48.6 Å². The number of thiophene rings is 1. The molecular formula is C23H25FN4O4S.